The molecule has 0 bridgehead atoms. The molecule has 2 N–H and O–H groups in total. The smallest absolute Gasteiger partial charge is 0.131 e. The van der Waals surface area contributed by atoms with Crippen LogP contribution in [0.3, 0.4) is 0 Å². The Kier molecular flexibility index (Phi) is 4.26. The van der Waals surface area contributed by atoms with Gasteiger partial charge in [0.25, 0.3) is 0 Å². The molecule has 0 unspecified atom stereocenters. The number of phenols is 1. The number of phenolic OH excluding ortho intramolecular Hbond substituents is 1. The SMILES string of the molecule is C[C@]12CC[C@@H]3c4ccc(O)cc4CC[C@H]3[C@@H]1CC[C@@]2(O)C#Cc1ccc(F)cc1. The Morgan fingerprint density at radius 1 is 1.03 bits per heavy atom. The molecule has 3 aliphatic rings. The van der Waals surface area contributed by atoms with Gasteiger partial charge in [0.2, 0.25) is 0 Å². The highest BCUT2D eigenvalue weighted by Gasteiger charge is 2.61. The average molecular weight is 390 g/mol. The van der Waals surface area contributed by atoms with E-state index in [2.05, 4.69) is 24.8 Å². The number of aryl methyl sites for hydroxylation is 1. The molecule has 5 rings (SSSR count). The lowest BCUT2D eigenvalue weighted by atomic mass is 9.53. The monoisotopic (exact) mass is 390 g/mol. The molecule has 0 heterocycles. The number of hydrogen-bond donors (Lipinski definition) is 2. The van der Waals surface area contributed by atoms with Gasteiger partial charge in [0.05, 0.1) is 0 Å². The molecule has 0 saturated heterocycles. The topological polar surface area (TPSA) is 40.5 Å². The van der Waals surface area contributed by atoms with Crippen LogP contribution < -0.4 is 0 Å². The third kappa shape index (κ3) is 2.89. The molecule has 150 valence electrons. The van der Waals surface area contributed by atoms with Gasteiger partial charge >= 0.3 is 0 Å². The maximum absolute atomic E-state index is 13.2. The number of fused-ring (bicyclic) bond motifs is 5. The van der Waals surface area contributed by atoms with E-state index in [1.807, 2.05) is 12.1 Å². The summed E-state index contributed by atoms with van der Waals surface area (Å²) in [5.74, 6) is 7.94. The van der Waals surface area contributed by atoms with Gasteiger partial charge in [-0.3, -0.25) is 0 Å². The number of aromatic hydroxyl groups is 1. The summed E-state index contributed by atoms with van der Waals surface area (Å²) in [5, 5.41) is 21.4. The first-order valence-electron chi connectivity index (χ1n) is 10.7. The van der Waals surface area contributed by atoms with Gasteiger partial charge in [-0.25, -0.2) is 4.39 Å². The Bertz CT molecular complexity index is 1000. The summed E-state index contributed by atoms with van der Waals surface area (Å²) in [6.07, 6.45) is 5.82. The summed E-state index contributed by atoms with van der Waals surface area (Å²) >= 11 is 0. The van der Waals surface area contributed by atoms with Crippen LogP contribution in [-0.4, -0.2) is 15.8 Å². The Balaban J connectivity index is 1.44. The molecule has 0 amide bonds. The van der Waals surface area contributed by atoms with Crippen LogP contribution >= 0.6 is 0 Å². The third-order valence-corrected chi connectivity index (χ3v) is 8.12. The summed E-state index contributed by atoms with van der Waals surface area (Å²) in [7, 11) is 0. The molecule has 2 saturated carbocycles. The van der Waals surface area contributed by atoms with Crippen LogP contribution in [0.1, 0.15) is 61.6 Å². The van der Waals surface area contributed by atoms with Crippen molar-refractivity contribution in [2.45, 2.75) is 57.0 Å². The van der Waals surface area contributed by atoms with Crippen LogP contribution in [0.15, 0.2) is 42.5 Å². The fourth-order valence-corrected chi connectivity index (χ4v) is 6.50. The lowest BCUT2D eigenvalue weighted by Gasteiger charge is -2.52. The minimum atomic E-state index is -0.994. The maximum atomic E-state index is 13.2. The van der Waals surface area contributed by atoms with Gasteiger partial charge in [0, 0.05) is 11.0 Å². The van der Waals surface area contributed by atoms with Crippen molar-refractivity contribution in [1.29, 1.82) is 0 Å². The molecule has 0 radical (unpaired) electrons. The standard InChI is InChI=1S/C26H27FO2/c1-25-13-11-22-21-9-7-20(28)16-18(21)4-8-23(22)24(25)12-15-26(25,29)14-10-17-2-5-19(27)6-3-17/h2-3,5-7,9,16,22-24,28-29H,4,8,11-13,15H2,1H3/t22-,23-,24+,25+,26+/m1/s1. The highest BCUT2D eigenvalue weighted by atomic mass is 19.1. The van der Waals surface area contributed by atoms with Crippen LogP contribution in [0.5, 0.6) is 5.75 Å². The van der Waals surface area contributed by atoms with Gasteiger partial charge in [-0.1, -0.05) is 24.8 Å². The van der Waals surface area contributed by atoms with Crippen molar-refractivity contribution in [1.82, 2.24) is 0 Å². The van der Waals surface area contributed by atoms with E-state index in [1.54, 1.807) is 12.1 Å². The first kappa shape index (κ1) is 18.7. The quantitative estimate of drug-likeness (QED) is 0.609. The van der Waals surface area contributed by atoms with Crippen molar-refractivity contribution in [2.75, 3.05) is 0 Å². The van der Waals surface area contributed by atoms with E-state index < -0.39 is 5.60 Å². The fourth-order valence-electron chi connectivity index (χ4n) is 6.50. The summed E-state index contributed by atoms with van der Waals surface area (Å²) in [6, 6.07) is 12.0. The zero-order chi connectivity index (χ0) is 20.2. The molecule has 3 aliphatic carbocycles. The second-order valence-electron chi connectivity index (χ2n) is 9.41. The summed E-state index contributed by atoms with van der Waals surface area (Å²) in [6.45, 7) is 2.23. The Hall–Kier alpha value is -2.31. The second kappa shape index (κ2) is 6.61. The molecule has 29 heavy (non-hydrogen) atoms. The molecule has 5 atom stereocenters. The fraction of sp³-hybridized carbons (Fsp3) is 0.462. The molecule has 0 aliphatic heterocycles. The van der Waals surface area contributed by atoms with Crippen LogP contribution in [0.2, 0.25) is 0 Å². The molecular formula is C26H27FO2. The molecule has 3 heteroatoms. The molecular weight excluding hydrogens is 363 g/mol. The van der Waals surface area contributed by atoms with Crippen molar-refractivity contribution < 1.29 is 14.6 Å². The molecule has 2 fully saturated rings. The van der Waals surface area contributed by atoms with E-state index in [1.165, 1.54) is 23.3 Å². The molecule has 2 aromatic rings. The number of benzene rings is 2. The van der Waals surface area contributed by atoms with Crippen LogP contribution in [0.25, 0.3) is 0 Å². The number of aliphatic hydroxyl groups is 1. The number of rotatable bonds is 0. The van der Waals surface area contributed by atoms with Gasteiger partial charge in [-0.05, 0) is 104 Å². The normalized spacial score (nSPS) is 35.1. The summed E-state index contributed by atoms with van der Waals surface area (Å²) < 4.78 is 13.2. The Labute approximate surface area is 171 Å². The van der Waals surface area contributed by atoms with E-state index in [0.29, 0.717) is 29.9 Å². The lowest BCUT2D eigenvalue weighted by molar-refractivity contribution is -0.0647. The van der Waals surface area contributed by atoms with Gasteiger partial charge in [-0.15, -0.1) is 0 Å². The highest BCUT2D eigenvalue weighted by molar-refractivity contribution is 5.42. The van der Waals surface area contributed by atoms with Crippen LogP contribution in [0.4, 0.5) is 4.39 Å². The van der Waals surface area contributed by atoms with Crippen molar-refractivity contribution >= 4 is 0 Å². The first-order chi connectivity index (χ1) is 13.9. The summed E-state index contributed by atoms with van der Waals surface area (Å²) in [5.41, 5.74) is 2.22. The summed E-state index contributed by atoms with van der Waals surface area (Å²) in [4.78, 5) is 0. The van der Waals surface area contributed by atoms with Crippen molar-refractivity contribution in [3.8, 4) is 17.6 Å². The van der Waals surface area contributed by atoms with Gasteiger partial charge < -0.3 is 10.2 Å². The zero-order valence-corrected chi connectivity index (χ0v) is 16.8. The van der Waals surface area contributed by atoms with E-state index in [-0.39, 0.29) is 11.2 Å². The number of halogens is 1. The van der Waals surface area contributed by atoms with Gasteiger partial charge in [-0.2, -0.15) is 0 Å². The largest absolute Gasteiger partial charge is 0.508 e. The van der Waals surface area contributed by atoms with E-state index in [0.717, 1.165) is 37.7 Å². The zero-order valence-electron chi connectivity index (χ0n) is 16.8. The predicted octanol–water partition coefficient (Wildman–Crippen LogP) is 5.17. The van der Waals surface area contributed by atoms with Crippen molar-refractivity contribution in [2.24, 2.45) is 17.3 Å². The van der Waals surface area contributed by atoms with E-state index in [4.69, 9.17) is 0 Å². The minimum Gasteiger partial charge on any atom is -0.508 e. The highest BCUT2D eigenvalue weighted by Crippen LogP contribution is 2.64. The third-order valence-electron chi connectivity index (χ3n) is 8.12. The van der Waals surface area contributed by atoms with Crippen molar-refractivity contribution in [3.63, 3.8) is 0 Å². The second-order valence-corrected chi connectivity index (χ2v) is 9.41. The number of hydrogen-bond acceptors (Lipinski definition) is 2. The molecule has 0 aromatic heterocycles. The predicted molar refractivity (Wildman–Crippen MR) is 111 cm³/mol. The van der Waals surface area contributed by atoms with Gasteiger partial charge in [0.1, 0.15) is 17.2 Å². The molecule has 0 spiro atoms. The lowest BCUT2D eigenvalue weighted by Crippen LogP contribution is -2.50. The Morgan fingerprint density at radius 3 is 2.62 bits per heavy atom. The Morgan fingerprint density at radius 2 is 1.83 bits per heavy atom. The molecule has 2 aromatic carbocycles. The average Bonchev–Trinajstić information content (AvgIpc) is 2.98. The van der Waals surface area contributed by atoms with Crippen LogP contribution in [0, 0.1) is 34.9 Å². The van der Waals surface area contributed by atoms with Crippen LogP contribution in [-0.2, 0) is 6.42 Å². The van der Waals surface area contributed by atoms with Crippen molar-refractivity contribution in [3.05, 3.63) is 65.0 Å². The first-order valence-corrected chi connectivity index (χ1v) is 10.7. The minimum absolute atomic E-state index is 0.213. The maximum Gasteiger partial charge on any atom is 0.131 e. The van der Waals surface area contributed by atoms with E-state index >= 15 is 0 Å². The van der Waals surface area contributed by atoms with Gasteiger partial charge in [0.15, 0.2) is 0 Å². The van der Waals surface area contributed by atoms with E-state index in [9.17, 15) is 14.6 Å². The molecule has 2 nitrogen and oxygen atoms in total.